The molecule has 214 valence electrons. The Bertz CT molecular complexity index is 1480. The molecular formula is C33H37Cl2N5O. The van der Waals surface area contributed by atoms with Crippen LogP contribution in [0.15, 0.2) is 85.5 Å². The molecule has 41 heavy (non-hydrogen) atoms. The van der Waals surface area contributed by atoms with E-state index in [-0.39, 0.29) is 11.8 Å². The zero-order valence-electron chi connectivity index (χ0n) is 23.5. The molecule has 0 spiro atoms. The van der Waals surface area contributed by atoms with Crippen molar-refractivity contribution in [3.8, 4) is 0 Å². The molecule has 0 radical (unpaired) electrons. The molecule has 4 aromatic rings. The molecular weight excluding hydrogens is 553 g/mol. The number of aromatic nitrogens is 2. The van der Waals surface area contributed by atoms with Crippen molar-refractivity contribution in [1.29, 1.82) is 0 Å². The molecule has 3 aromatic carbocycles. The number of carbonyl (C=O) groups excluding carboxylic acids is 1. The number of carbonyl (C=O) groups is 1. The van der Waals surface area contributed by atoms with E-state index in [0.717, 1.165) is 68.0 Å². The number of hydrogen-bond acceptors (Lipinski definition) is 4. The number of imidazole rings is 1. The van der Waals surface area contributed by atoms with Crippen molar-refractivity contribution in [3.05, 3.63) is 107 Å². The minimum Gasteiger partial charge on any atom is -0.353 e. The molecule has 1 aromatic heterocycles. The van der Waals surface area contributed by atoms with Crippen molar-refractivity contribution in [2.45, 2.75) is 37.8 Å². The number of para-hydroxylation sites is 2. The number of amides is 1. The summed E-state index contributed by atoms with van der Waals surface area (Å²) in [5, 5.41) is 4.79. The van der Waals surface area contributed by atoms with E-state index in [9.17, 15) is 4.79 Å². The third-order valence-corrected chi connectivity index (χ3v) is 8.70. The second-order valence-electron chi connectivity index (χ2n) is 10.8. The third-order valence-electron chi connectivity index (χ3n) is 7.96. The maximum Gasteiger partial charge on any atom is 0.253 e. The number of anilines is 1. The largest absolute Gasteiger partial charge is 0.353 e. The lowest BCUT2D eigenvalue weighted by Gasteiger charge is -2.34. The molecule has 1 N–H and O–H groups in total. The summed E-state index contributed by atoms with van der Waals surface area (Å²) in [6.07, 6.45) is 4.91. The first-order valence-corrected chi connectivity index (χ1v) is 15.0. The molecule has 2 heterocycles. The van der Waals surface area contributed by atoms with Crippen molar-refractivity contribution in [1.82, 2.24) is 19.4 Å². The number of fused-ring (bicyclic) bond motifs is 1. The Morgan fingerprint density at radius 1 is 1.07 bits per heavy atom. The van der Waals surface area contributed by atoms with Crippen LogP contribution >= 0.6 is 23.2 Å². The lowest BCUT2D eigenvalue weighted by molar-refractivity contribution is 0.0782. The van der Waals surface area contributed by atoms with Crippen LogP contribution in [0.1, 0.15) is 41.1 Å². The van der Waals surface area contributed by atoms with Gasteiger partial charge in [0.15, 0.2) is 0 Å². The fourth-order valence-corrected chi connectivity index (χ4v) is 5.97. The normalized spacial score (nSPS) is 15.1. The van der Waals surface area contributed by atoms with Gasteiger partial charge in [-0.15, -0.1) is 6.58 Å². The number of nitrogens with zero attached hydrogens (tertiary/aromatic N) is 4. The van der Waals surface area contributed by atoms with Crippen molar-refractivity contribution in [3.63, 3.8) is 0 Å². The van der Waals surface area contributed by atoms with E-state index in [4.69, 9.17) is 28.2 Å². The molecule has 1 aliphatic heterocycles. The monoisotopic (exact) mass is 589 g/mol. The van der Waals surface area contributed by atoms with Gasteiger partial charge in [0.05, 0.1) is 21.1 Å². The summed E-state index contributed by atoms with van der Waals surface area (Å²) in [5.41, 5.74) is 3.92. The van der Waals surface area contributed by atoms with Gasteiger partial charge < -0.3 is 19.7 Å². The predicted molar refractivity (Wildman–Crippen MR) is 170 cm³/mol. The first-order chi connectivity index (χ1) is 19.9. The van der Waals surface area contributed by atoms with E-state index < -0.39 is 0 Å². The zero-order valence-corrected chi connectivity index (χ0v) is 25.0. The standard InChI is InChI=1S/C33H37Cl2N5O/c1-3-18-40-31-12-8-7-11-30(31)37-33(40)36-27-16-20-39(21-17-27)19-15-26(25-13-14-28(34)29(35)22-25)23-38(2)32(41)24-9-5-4-6-10-24/h3-14,22,26-27H,1,15-21,23H2,2H3,(H,36,37). The van der Waals surface area contributed by atoms with E-state index in [1.165, 1.54) is 0 Å². The quantitative estimate of drug-likeness (QED) is 0.186. The summed E-state index contributed by atoms with van der Waals surface area (Å²) in [7, 11) is 1.87. The van der Waals surface area contributed by atoms with Gasteiger partial charge >= 0.3 is 0 Å². The number of rotatable bonds is 11. The Morgan fingerprint density at radius 3 is 2.54 bits per heavy atom. The van der Waals surface area contributed by atoms with Crippen LogP contribution in [0, 0.1) is 0 Å². The van der Waals surface area contributed by atoms with Gasteiger partial charge in [-0.2, -0.15) is 0 Å². The van der Waals surface area contributed by atoms with Crippen molar-refractivity contribution in [2.24, 2.45) is 0 Å². The van der Waals surface area contributed by atoms with Gasteiger partial charge in [0.1, 0.15) is 0 Å². The third kappa shape index (κ3) is 7.13. The number of allylic oxidation sites excluding steroid dienone is 1. The van der Waals surface area contributed by atoms with Gasteiger partial charge in [0, 0.05) is 50.7 Å². The topological polar surface area (TPSA) is 53.4 Å². The molecule has 5 rings (SSSR count). The fraction of sp³-hybridized carbons (Fsp3) is 0.333. The number of piperidine rings is 1. The molecule has 1 unspecified atom stereocenters. The van der Waals surface area contributed by atoms with Gasteiger partial charge in [0.2, 0.25) is 5.95 Å². The van der Waals surface area contributed by atoms with Crippen molar-refractivity contribution in [2.75, 3.05) is 38.5 Å². The Morgan fingerprint density at radius 2 is 1.80 bits per heavy atom. The lowest BCUT2D eigenvalue weighted by atomic mass is 9.94. The molecule has 1 saturated heterocycles. The number of hydrogen-bond donors (Lipinski definition) is 1. The summed E-state index contributed by atoms with van der Waals surface area (Å²) >= 11 is 12.6. The van der Waals surface area contributed by atoms with Gasteiger partial charge in [-0.1, -0.05) is 65.7 Å². The average Bonchev–Trinajstić information content (AvgIpc) is 3.34. The highest BCUT2D eigenvalue weighted by molar-refractivity contribution is 6.42. The highest BCUT2D eigenvalue weighted by Gasteiger charge is 2.24. The van der Waals surface area contributed by atoms with Crippen LogP contribution in [-0.2, 0) is 6.54 Å². The molecule has 0 saturated carbocycles. The van der Waals surface area contributed by atoms with Crippen LogP contribution in [0.3, 0.4) is 0 Å². The zero-order chi connectivity index (χ0) is 28.8. The fourth-order valence-electron chi connectivity index (χ4n) is 5.67. The minimum atomic E-state index is 0.0185. The number of halogens is 2. The van der Waals surface area contributed by atoms with Crippen molar-refractivity contribution < 1.29 is 4.79 Å². The van der Waals surface area contributed by atoms with Crippen LogP contribution in [0.4, 0.5) is 5.95 Å². The van der Waals surface area contributed by atoms with E-state index >= 15 is 0 Å². The number of benzene rings is 3. The minimum absolute atomic E-state index is 0.0185. The smallest absolute Gasteiger partial charge is 0.253 e. The molecule has 8 heteroatoms. The van der Waals surface area contributed by atoms with Gasteiger partial charge in [-0.05, 0) is 67.8 Å². The average molecular weight is 591 g/mol. The van der Waals surface area contributed by atoms with Crippen LogP contribution in [0.25, 0.3) is 11.0 Å². The van der Waals surface area contributed by atoms with E-state index in [0.29, 0.717) is 28.2 Å². The van der Waals surface area contributed by atoms with Crippen LogP contribution in [-0.4, -0.2) is 64.5 Å². The van der Waals surface area contributed by atoms with Crippen molar-refractivity contribution >= 4 is 46.1 Å². The molecule has 0 aliphatic carbocycles. The number of likely N-dealkylation sites (tertiary alicyclic amines) is 1. The Balaban J connectivity index is 1.21. The Labute approximate surface area is 252 Å². The Kier molecular flexibility index (Phi) is 9.65. The molecule has 1 aliphatic rings. The van der Waals surface area contributed by atoms with E-state index in [1.807, 2.05) is 78.7 Å². The van der Waals surface area contributed by atoms with E-state index in [2.05, 4.69) is 33.5 Å². The van der Waals surface area contributed by atoms with E-state index in [1.54, 1.807) is 0 Å². The summed E-state index contributed by atoms with van der Waals surface area (Å²) < 4.78 is 2.20. The van der Waals surface area contributed by atoms with Gasteiger partial charge in [-0.3, -0.25) is 4.79 Å². The summed E-state index contributed by atoms with van der Waals surface area (Å²) in [6, 6.07) is 23.9. The summed E-state index contributed by atoms with van der Waals surface area (Å²) in [6.45, 7) is 8.21. The summed E-state index contributed by atoms with van der Waals surface area (Å²) in [4.78, 5) is 22.3. The van der Waals surface area contributed by atoms with Gasteiger partial charge in [0.25, 0.3) is 5.91 Å². The maximum absolute atomic E-state index is 13.1. The highest BCUT2D eigenvalue weighted by atomic mass is 35.5. The molecule has 1 atom stereocenters. The Hall–Kier alpha value is -3.32. The number of nitrogens with one attached hydrogen (secondary N) is 1. The van der Waals surface area contributed by atoms with Gasteiger partial charge in [-0.25, -0.2) is 4.98 Å². The highest BCUT2D eigenvalue weighted by Crippen LogP contribution is 2.30. The molecule has 1 fully saturated rings. The lowest BCUT2D eigenvalue weighted by Crippen LogP contribution is -2.40. The first-order valence-electron chi connectivity index (χ1n) is 14.2. The second kappa shape index (κ2) is 13.6. The van der Waals surface area contributed by atoms with Crippen LogP contribution < -0.4 is 5.32 Å². The summed E-state index contributed by atoms with van der Waals surface area (Å²) in [5.74, 6) is 1.07. The first kappa shape index (κ1) is 29.2. The van der Waals surface area contributed by atoms with Crippen LogP contribution in [0.2, 0.25) is 10.0 Å². The maximum atomic E-state index is 13.1. The van der Waals surface area contributed by atoms with Crippen LogP contribution in [0.5, 0.6) is 0 Å². The molecule has 0 bridgehead atoms. The second-order valence-corrected chi connectivity index (χ2v) is 11.6. The SMILES string of the molecule is C=CCn1c(NC2CCN(CCC(CN(C)C(=O)c3ccccc3)c3ccc(Cl)c(Cl)c3)CC2)nc2ccccc21. The predicted octanol–water partition coefficient (Wildman–Crippen LogP) is 7.35. The molecule has 1 amide bonds. The molecule has 6 nitrogen and oxygen atoms in total. The number of likely N-dealkylation sites (N-methyl/N-ethyl adjacent to an activating group) is 1.